The maximum absolute atomic E-state index is 12.9. The van der Waals surface area contributed by atoms with Crippen molar-refractivity contribution >= 4 is 0 Å². The van der Waals surface area contributed by atoms with E-state index in [2.05, 4.69) is 15.3 Å². The van der Waals surface area contributed by atoms with E-state index < -0.39 is 5.95 Å². The Balaban J connectivity index is 1.61. The molecule has 0 N–H and O–H groups in total. The SMILES string of the molecule is Fc1ccc(-c2ccc(-n3cc(-c4ccccc4)nn3)cc2)cn1. The van der Waals surface area contributed by atoms with E-state index in [1.54, 1.807) is 10.7 Å². The molecule has 0 aliphatic carbocycles. The molecule has 0 bridgehead atoms. The van der Waals surface area contributed by atoms with E-state index in [9.17, 15) is 4.39 Å². The van der Waals surface area contributed by atoms with Crippen LogP contribution in [0.4, 0.5) is 4.39 Å². The molecule has 24 heavy (non-hydrogen) atoms. The molecule has 2 aromatic heterocycles. The Hall–Kier alpha value is -3.34. The number of benzene rings is 2. The van der Waals surface area contributed by atoms with Gasteiger partial charge in [0.2, 0.25) is 5.95 Å². The third kappa shape index (κ3) is 2.79. The number of hydrogen-bond donors (Lipinski definition) is 0. The van der Waals surface area contributed by atoms with Crippen LogP contribution in [0.3, 0.4) is 0 Å². The normalized spacial score (nSPS) is 10.7. The average molecular weight is 316 g/mol. The summed E-state index contributed by atoms with van der Waals surface area (Å²) in [4.78, 5) is 3.68. The molecule has 0 fully saturated rings. The zero-order chi connectivity index (χ0) is 16.4. The van der Waals surface area contributed by atoms with Crippen molar-refractivity contribution in [2.75, 3.05) is 0 Å². The molecular weight excluding hydrogens is 303 g/mol. The van der Waals surface area contributed by atoms with E-state index in [0.29, 0.717) is 0 Å². The van der Waals surface area contributed by atoms with Gasteiger partial charge in [-0.3, -0.25) is 0 Å². The van der Waals surface area contributed by atoms with E-state index in [0.717, 1.165) is 28.1 Å². The van der Waals surface area contributed by atoms with Crippen molar-refractivity contribution in [3.05, 3.63) is 85.1 Å². The van der Waals surface area contributed by atoms with Crippen LogP contribution < -0.4 is 0 Å². The first kappa shape index (κ1) is 14.3. The molecule has 0 saturated carbocycles. The predicted molar refractivity (Wildman–Crippen MR) is 90.0 cm³/mol. The fourth-order valence-electron chi connectivity index (χ4n) is 2.48. The quantitative estimate of drug-likeness (QED) is 0.534. The van der Waals surface area contributed by atoms with Crippen molar-refractivity contribution in [3.8, 4) is 28.1 Å². The van der Waals surface area contributed by atoms with Gasteiger partial charge in [0.15, 0.2) is 0 Å². The van der Waals surface area contributed by atoms with E-state index >= 15 is 0 Å². The Bertz CT molecular complexity index is 945. The van der Waals surface area contributed by atoms with Crippen molar-refractivity contribution in [2.45, 2.75) is 0 Å². The molecular formula is C19H13FN4. The molecule has 0 spiro atoms. The molecule has 0 atom stereocenters. The van der Waals surface area contributed by atoms with Gasteiger partial charge in [-0.25, -0.2) is 9.67 Å². The largest absolute Gasteiger partial charge is 0.228 e. The Kier molecular flexibility index (Phi) is 3.59. The maximum Gasteiger partial charge on any atom is 0.212 e. The molecule has 2 heterocycles. The van der Waals surface area contributed by atoms with Gasteiger partial charge in [-0.05, 0) is 29.8 Å². The van der Waals surface area contributed by atoms with E-state index in [1.807, 2.05) is 60.8 Å². The van der Waals surface area contributed by atoms with Gasteiger partial charge in [0.25, 0.3) is 0 Å². The molecule has 0 radical (unpaired) electrons. The van der Waals surface area contributed by atoms with Gasteiger partial charge in [0, 0.05) is 17.3 Å². The van der Waals surface area contributed by atoms with Crippen molar-refractivity contribution < 1.29 is 4.39 Å². The molecule has 0 unspecified atom stereocenters. The monoisotopic (exact) mass is 316 g/mol. The van der Waals surface area contributed by atoms with Crippen LogP contribution in [-0.2, 0) is 0 Å². The van der Waals surface area contributed by atoms with E-state index in [-0.39, 0.29) is 0 Å². The minimum absolute atomic E-state index is 0.480. The van der Waals surface area contributed by atoms with Gasteiger partial charge < -0.3 is 0 Å². The van der Waals surface area contributed by atoms with Crippen LogP contribution in [0.15, 0.2) is 79.1 Å². The second-order valence-corrected chi connectivity index (χ2v) is 5.33. The smallest absolute Gasteiger partial charge is 0.212 e. The summed E-state index contributed by atoms with van der Waals surface area (Å²) in [6, 6.07) is 20.8. The number of rotatable bonds is 3. The summed E-state index contributed by atoms with van der Waals surface area (Å²) in [5, 5.41) is 8.40. The summed E-state index contributed by atoms with van der Waals surface area (Å²) in [5.41, 5.74) is 4.59. The summed E-state index contributed by atoms with van der Waals surface area (Å²) in [6.07, 6.45) is 3.41. The second-order valence-electron chi connectivity index (χ2n) is 5.33. The highest BCUT2D eigenvalue weighted by molar-refractivity contribution is 5.64. The average Bonchev–Trinajstić information content (AvgIpc) is 3.13. The molecule has 4 rings (SSSR count). The molecule has 0 amide bonds. The van der Waals surface area contributed by atoms with Gasteiger partial charge in [-0.1, -0.05) is 47.7 Å². The number of aromatic nitrogens is 4. The van der Waals surface area contributed by atoms with Crippen LogP contribution in [0.1, 0.15) is 0 Å². The van der Waals surface area contributed by atoms with Gasteiger partial charge in [0.1, 0.15) is 5.69 Å². The summed E-state index contributed by atoms with van der Waals surface area (Å²) in [7, 11) is 0. The molecule has 4 nitrogen and oxygen atoms in total. The second kappa shape index (κ2) is 6.04. The van der Waals surface area contributed by atoms with Gasteiger partial charge in [-0.15, -0.1) is 5.10 Å². The lowest BCUT2D eigenvalue weighted by Crippen LogP contribution is -1.94. The highest BCUT2D eigenvalue weighted by Gasteiger charge is 2.05. The van der Waals surface area contributed by atoms with E-state index in [4.69, 9.17) is 0 Å². The number of hydrogen-bond acceptors (Lipinski definition) is 3. The number of pyridine rings is 1. The minimum atomic E-state index is -0.480. The van der Waals surface area contributed by atoms with Gasteiger partial charge >= 0.3 is 0 Å². The number of nitrogens with zero attached hydrogens (tertiary/aromatic N) is 4. The minimum Gasteiger partial charge on any atom is -0.228 e. The third-order valence-electron chi connectivity index (χ3n) is 3.76. The Morgan fingerprint density at radius 3 is 2.21 bits per heavy atom. The molecule has 0 aliphatic heterocycles. The maximum atomic E-state index is 12.9. The van der Waals surface area contributed by atoms with E-state index in [1.165, 1.54) is 12.3 Å². The van der Waals surface area contributed by atoms with Crippen molar-refractivity contribution in [3.63, 3.8) is 0 Å². The highest BCUT2D eigenvalue weighted by atomic mass is 19.1. The van der Waals surface area contributed by atoms with Crippen molar-refractivity contribution in [1.82, 2.24) is 20.0 Å². The lowest BCUT2D eigenvalue weighted by Gasteiger charge is -2.03. The molecule has 5 heteroatoms. The van der Waals surface area contributed by atoms with Crippen LogP contribution in [0.5, 0.6) is 0 Å². The van der Waals surface area contributed by atoms with Crippen LogP contribution >= 0.6 is 0 Å². The highest BCUT2D eigenvalue weighted by Crippen LogP contribution is 2.21. The van der Waals surface area contributed by atoms with Crippen LogP contribution in [0, 0.1) is 5.95 Å². The number of halogens is 1. The lowest BCUT2D eigenvalue weighted by atomic mass is 10.1. The first-order chi connectivity index (χ1) is 11.8. The van der Waals surface area contributed by atoms with Crippen LogP contribution in [-0.4, -0.2) is 20.0 Å². The lowest BCUT2D eigenvalue weighted by molar-refractivity contribution is 0.584. The summed E-state index contributed by atoms with van der Waals surface area (Å²) in [6.45, 7) is 0. The topological polar surface area (TPSA) is 43.6 Å². The van der Waals surface area contributed by atoms with Gasteiger partial charge in [-0.2, -0.15) is 4.39 Å². The molecule has 0 aliphatic rings. The van der Waals surface area contributed by atoms with Crippen LogP contribution in [0.25, 0.3) is 28.1 Å². The molecule has 0 saturated heterocycles. The van der Waals surface area contributed by atoms with Crippen molar-refractivity contribution in [1.29, 1.82) is 0 Å². The van der Waals surface area contributed by atoms with Gasteiger partial charge in [0.05, 0.1) is 11.9 Å². The Labute approximate surface area is 138 Å². The zero-order valence-electron chi connectivity index (χ0n) is 12.7. The molecule has 2 aromatic carbocycles. The predicted octanol–water partition coefficient (Wildman–Crippen LogP) is 4.14. The zero-order valence-corrected chi connectivity index (χ0v) is 12.7. The first-order valence-corrected chi connectivity index (χ1v) is 7.50. The molecule has 4 aromatic rings. The Morgan fingerprint density at radius 1 is 0.750 bits per heavy atom. The summed E-state index contributed by atoms with van der Waals surface area (Å²) in [5.74, 6) is -0.480. The van der Waals surface area contributed by atoms with Crippen LogP contribution in [0.2, 0.25) is 0 Å². The van der Waals surface area contributed by atoms with Crippen molar-refractivity contribution in [2.24, 2.45) is 0 Å². The fourth-order valence-corrected chi connectivity index (χ4v) is 2.48. The standard InChI is InChI=1S/C19H13FN4/c20-19-11-8-16(12-21-19)14-6-9-17(10-7-14)24-13-18(22-23-24)15-4-2-1-3-5-15/h1-13H. The molecule has 116 valence electrons. The fraction of sp³-hybridized carbons (Fsp3) is 0. The third-order valence-corrected chi connectivity index (χ3v) is 3.76. The Morgan fingerprint density at radius 2 is 1.50 bits per heavy atom. The summed E-state index contributed by atoms with van der Waals surface area (Å²) < 4.78 is 14.6. The first-order valence-electron chi connectivity index (χ1n) is 7.50. The summed E-state index contributed by atoms with van der Waals surface area (Å²) >= 11 is 0.